The molecule has 6 heteroatoms. The molecule has 5 nitrogen and oxygen atoms in total. The number of nitrogens with one attached hydrogen (secondary N) is 1. The number of halogens is 1. The fraction of sp³-hybridized carbons (Fsp3) is 0.600. The molecule has 1 aromatic rings. The molecule has 3 rings (SSSR count). The first-order valence-corrected chi connectivity index (χ1v) is 7.89. The lowest BCUT2D eigenvalue weighted by atomic mass is 9.99. The summed E-state index contributed by atoms with van der Waals surface area (Å²) in [5.41, 5.74) is 0.309. The van der Waals surface area contributed by atoms with Crippen LogP contribution in [-0.4, -0.2) is 45.6 Å². The molecule has 2 unspecified atom stereocenters. The van der Waals surface area contributed by atoms with E-state index in [9.17, 15) is 9.90 Å². The Hall–Kier alpha value is -1.33. The number of amides is 1. The van der Waals surface area contributed by atoms with Crippen molar-refractivity contribution in [3.63, 3.8) is 0 Å². The summed E-state index contributed by atoms with van der Waals surface area (Å²) in [6.45, 7) is 2.72. The number of hydrogen-bond acceptors (Lipinski definition) is 4. The topological polar surface area (TPSA) is 65.5 Å². The maximum absolute atomic E-state index is 12.8. The Balaban J connectivity index is 1.87. The van der Waals surface area contributed by atoms with Crippen LogP contribution in [0.5, 0.6) is 0 Å². The fourth-order valence-electron chi connectivity index (χ4n) is 3.47. The molecule has 0 radical (unpaired) electrons. The molecule has 0 saturated carbocycles. The first kappa shape index (κ1) is 14.6. The zero-order chi connectivity index (χ0) is 15.0. The van der Waals surface area contributed by atoms with Crippen molar-refractivity contribution in [1.29, 1.82) is 0 Å². The molecule has 0 spiro atoms. The number of rotatable bonds is 3. The van der Waals surface area contributed by atoms with Crippen molar-refractivity contribution in [2.24, 2.45) is 0 Å². The van der Waals surface area contributed by atoms with Gasteiger partial charge in [-0.2, -0.15) is 0 Å². The number of anilines is 1. The van der Waals surface area contributed by atoms with Crippen LogP contribution in [0, 0.1) is 0 Å². The third-order valence-corrected chi connectivity index (χ3v) is 4.65. The van der Waals surface area contributed by atoms with E-state index in [2.05, 4.69) is 10.3 Å². The van der Waals surface area contributed by atoms with E-state index in [1.807, 2.05) is 11.8 Å². The Bertz CT molecular complexity index is 538. The lowest BCUT2D eigenvalue weighted by molar-refractivity contribution is 0.0283. The molecule has 2 N–H and O–H groups in total. The van der Waals surface area contributed by atoms with Crippen molar-refractivity contribution in [3.05, 3.63) is 22.8 Å². The minimum absolute atomic E-state index is 0.112. The van der Waals surface area contributed by atoms with Gasteiger partial charge in [0.15, 0.2) is 0 Å². The number of piperidine rings is 1. The van der Waals surface area contributed by atoms with Gasteiger partial charge in [0.2, 0.25) is 0 Å². The number of aliphatic hydroxyl groups is 1. The summed E-state index contributed by atoms with van der Waals surface area (Å²) >= 11 is 6.17. The molecule has 1 aromatic heterocycles. The molecule has 21 heavy (non-hydrogen) atoms. The molecular weight excluding hydrogens is 290 g/mol. The van der Waals surface area contributed by atoms with Crippen molar-refractivity contribution in [2.75, 3.05) is 11.9 Å². The molecule has 2 fully saturated rings. The van der Waals surface area contributed by atoms with Gasteiger partial charge in [0.05, 0.1) is 11.1 Å². The first-order chi connectivity index (χ1) is 10.1. The molecule has 2 bridgehead atoms. The van der Waals surface area contributed by atoms with Gasteiger partial charge in [0.1, 0.15) is 11.5 Å². The van der Waals surface area contributed by atoms with E-state index in [0.717, 1.165) is 19.4 Å². The quantitative estimate of drug-likeness (QED) is 0.899. The number of carbonyl (C=O) groups excluding carboxylic acids is 1. The number of aliphatic hydroxyl groups excluding tert-OH is 1. The summed E-state index contributed by atoms with van der Waals surface area (Å²) in [5, 5.41) is 13.3. The van der Waals surface area contributed by atoms with E-state index < -0.39 is 0 Å². The predicted molar refractivity (Wildman–Crippen MR) is 81.6 cm³/mol. The normalized spacial score (nSPS) is 27.8. The molecule has 2 aliphatic heterocycles. The van der Waals surface area contributed by atoms with Crippen LogP contribution in [-0.2, 0) is 0 Å². The van der Waals surface area contributed by atoms with E-state index in [0.29, 0.717) is 29.4 Å². The lowest BCUT2D eigenvalue weighted by Crippen LogP contribution is -2.48. The summed E-state index contributed by atoms with van der Waals surface area (Å²) in [7, 11) is 0. The van der Waals surface area contributed by atoms with Gasteiger partial charge < -0.3 is 15.3 Å². The van der Waals surface area contributed by atoms with E-state index >= 15 is 0 Å². The smallest absolute Gasteiger partial charge is 0.274 e. The molecule has 114 valence electrons. The van der Waals surface area contributed by atoms with E-state index in [1.54, 1.807) is 12.1 Å². The van der Waals surface area contributed by atoms with Crippen molar-refractivity contribution in [2.45, 2.75) is 50.8 Å². The van der Waals surface area contributed by atoms with Gasteiger partial charge in [-0.15, -0.1) is 0 Å². The van der Waals surface area contributed by atoms with Gasteiger partial charge in [0.25, 0.3) is 5.91 Å². The summed E-state index contributed by atoms with van der Waals surface area (Å²) < 4.78 is 0. The van der Waals surface area contributed by atoms with Crippen LogP contribution in [0.1, 0.15) is 43.1 Å². The Morgan fingerprint density at radius 1 is 1.43 bits per heavy atom. The SMILES string of the molecule is CCNc1ccc(Cl)c(C(=O)N2C3CCC2CC(O)C3)n1. The van der Waals surface area contributed by atoms with Crippen LogP contribution in [0.3, 0.4) is 0 Å². The largest absolute Gasteiger partial charge is 0.393 e. The van der Waals surface area contributed by atoms with Crippen molar-refractivity contribution in [1.82, 2.24) is 9.88 Å². The van der Waals surface area contributed by atoms with Gasteiger partial charge in [0, 0.05) is 18.6 Å². The van der Waals surface area contributed by atoms with Crippen LogP contribution in [0.4, 0.5) is 5.82 Å². The highest BCUT2D eigenvalue weighted by atomic mass is 35.5. The highest BCUT2D eigenvalue weighted by Crippen LogP contribution is 2.37. The van der Waals surface area contributed by atoms with Crippen LogP contribution < -0.4 is 5.32 Å². The Kier molecular flexibility index (Phi) is 4.04. The second-order valence-corrected chi connectivity index (χ2v) is 6.19. The highest BCUT2D eigenvalue weighted by Gasteiger charge is 2.43. The third-order valence-electron chi connectivity index (χ3n) is 4.35. The van der Waals surface area contributed by atoms with Crippen LogP contribution in [0.25, 0.3) is 0 Å². The van der Waals surface area contributed by atoms with Crippen molar-refractivity contribution < 1.29 is 9.90 Å². The number of carbonyl (C=O) groups is 1. The zero-order valence-electron chi connectivity index (χ0n) is 12.1. The van der Waals surface area contributed by atoms with Gasteiger partial charge in [-0.1, -0.05) is 11.6 Å². The second-order valence-electron chi connectivity index (χ2n) is 5.78. The minimum Gasteiger partial charge on any atom is -0.393 e. The minimum atomic E-state index is -0.289. The van der Waals surface area contributed by atoms with Gasteiger partial charge in [-0.05, 0) is 44.7 Å². The number of fused-ring (bicyclic) bond motifs is 2. The molecular formula is C15H20ClN3O2. The number of aromatic nitrogens is 1. The lowest BCUT2D eigenvalue weighted by Gasteiger charge is -2.37. The van der Waals surface area contributed by atoms with Gasteiger partial charge >= 0.3 is 0 Å². The fourth-order valence-corrected chi connectivity index (χ4v) is 3.66. The van der Waals surface area contributed by atoms with Crippen molar-refractivity contribution in [3.8, 4) is 0 Å². The monoisotopic (exact) mass is 309 g/mol. The molecule has 0 aromatic carbocycles. The van der Waals surface area contributed by atoms with E-state index in [-0.39, 0.29) is 24.1 Å². The Morgan fingerprint density at radius 3 is 2.71 bits per heavy atom. The van der Waals surface area contributed by atoms with Gasteiger partial charge in [-0.25, -0.2) is 4.98 Å². The number of nitrogens with zero attached hydrogens (tertiary/aromatic N) is 2. The summed E-state index contributed by atoms with van der Waals surface area (Å²) in [6, 6.07) is 3.72. The second kappa shape index (κ2) is 5.81. The van der Waals surface area contributed by atoms with Crippen LogP contribution in [0.2, 0.25) is 5.02 Å². The average Bonchev–Trinajstić information content (AvgIpc) is 2.72. The Labute approximate surface area is 129 Å². The summed E-state index contributed by atoms with van der Waals surface area (Å²) in [4.78, 5) is 19.1. The van der Waals surface area contributed by atoms with Gasteiger partial charge in [-0.3, -0.25) is 4.79 Å². The first-order valence-electron chi connectivity index (χ1n) is 7.51. The molecule has 2 aliphatic rings. The van der Waals surface area contributed by atoms with Crippen molar-refractivity contribution >= 4 is 23.3 Å². The number of pyridine rings is 1. The average molecular weight is 310 g/mol. The summed E-state index contributed by atoms with van der Waals surface area (Å²) in [5.74, 6) is 0.550. The molecule has 3 heterocycles. The predicted octanol–water partition coefficient (Wildman–Crippen LogP) is 2.29. The molecule has 2 atom stereocenters. The summed E-state index contributed by atoms with van der Waals surface area (Å²) in [6.07, 6.45) is 2.94. The van der Waals surface area contributed by atoms with Crippen LogP contribution >= 0.6 is 11.6 Å². The zero-order valence-corrected chi connectivity index (χ0v) is 12.8. The maximum atomic E-state index is 12.8. The van der Waals surface area contributed by atoms with E-state index in [1.165, 1.54) is 0 Å². The Morgan fingerprint density at radius 2 is 2.10 bits per heavy atom. The highest BCUT2D eigenvalue weighted by molar-refractivity contribution is 6.33. The molecule has 2 saturated heterocycles. The standard InChI is InChI=1S/C15H20ClN3O2/c1-2-17-13-6-5-12(16)14(18-13)15(21)19-9-3-4-10(19)8-11(20)7-9/h5-6,9-11,20H,2-4,7-8H2,1H3,(H,17,18). The maximum Gasteiger partial charge on any atom is 0.274 e. The van der Waals surface area contributed by atoms with E-state index in [4.69, 9.17) is 11.6 Å². The third kappa shape index (κ3) is 2.72. The molecule has 1 amide bonds. The molecule has 0 aliphatic carbocycles. The number of hydrogen-bond donors (Lipinski definition) is 2. The van der Waals surface area contributed by atoms with Crippen LogP contribution in [0.15, 0.2) is 12.1 Å².